The fourth-order valence-corrected chi connectivity index (χ4v) is 1.60. The van der Waals surface area contributed by atoms with Crippen molar-refractivity contribution in [2.45, 2.75) is 9.83 Å². The van der Waals surface area contributed by atoms with Crippen molar-refractivity contribution in [3.8, 4) is 0 Å². The predicted octanol–water partition coefficient (Wildman–Crippen LogP) is 1.46. The van der Waals surface area contributed by atoms with Crippen LogP contribution in [0.3, 0.4) is 0 Å². The average molecular weight is 235 g/mol. The van der Waals surface area contributed by atoms with Crippen molar-refractivity contribution >= 4 is 40.8 Å². The Morgan fingerprint density at radius 1 is 1.42 bits per heavy atom. The summed E-state index contributed by atoms with van der Waals surface area (Å²) in [4.78, 5) is 12.6. The maximum Gasteiger partial charge on any atom is 0.327 e. The van der Waals surface area contributed by atoms with Crippen molar-refractivity contribution in [1.82, 2.24) is 4.90 Å². The van der Waals surface area contributed by atoms with Crippen molar-refractivity contribution in [2.24, 2.45) is 0 Å². The number of carbonyl (C=O) groups excluding carboxylic acids is 1. The Balaban J connectivity index is 4.56. The first kappa shape index (κ1) is 12.3. The van der Waals surface area contributed by atoms with E-state index in [-0.39, 0.29) is 0 Å². The number of ether oxygens (including phenoxy) is 1. The van der Waals surface area contributed by atoms with Crippen LogP contribution < -0.4 is 0 Å². The third kappa shape index (κ3) is 3.35. The third-order valence-electron chi connectivity index (χ3n) is 1.25. The highest BCUT2D eigenvalue weighted by Crippen LogP contribution is 2.33. The number of nitrogens with zero attached hydrogens (tertiary/aromatic N) is 1. The quantitative estimate of drug-likeness (QED) is 0.535. The minimum atomic E-state index is -1.67. The second-order valence-corrected chi connectivity index (χ2v) is 4.80. The van der Waals surface area contributed by atoms with E-state index in [2.05, 4.69) is 4.74 Å². The van der Waals surface area contributed by atoms with Gasteiger partial charge < -0.3 is 4.74 Å². The number of hydrogen-bond acceptors (Lipinski definition) is 3. The zero-order valence-corrected chi connectivity index (χ0v) is 9.24. The van der Waals surface area contributed by atoms with E-state index in [1.54, 1.807) is 14.1 Å². The molecule has 0 saturated carbocycles. The molecular weight excluding hydrogens is 224 g/mol. The van der Waals surface area contributed by atoms with Gasteiger partial charge in [0.15, 0.2) is 6.04 Å². The van der Waals surface area contributed by atoms with Gasteiger partial charge in [-0.1, -0.05) is 34.8 Å². The summed E-state index contributed by atoms with van der Waals surface area (Å²) in [5.74, 6) is -0.569. The molecule has 12 heavy (non-hydrogen) atoms. The van der Waals surface area contributed by atoms with Gasteiger partial charge in [-0.3, -0.25) is 9.69 Å². The molecule has 0 aromatic rings. The van der Waals surface area contributed by atoms with Crippen molar-refractivity contribution < 1.29 is 9.53 Å². The van der Waals surface area contributed by atoms with E-state index in [9.17, 15) is 4.79 Å². The fourth-order valence-electron chi connectivity index (χ4n) is 0.749. The van der Waals surface area contributed by atoms with Crippen LogP contribution in [0.25, 0.3) is 0 Å². The van der Waals surface area contributed by atoms with Crippen LogP contribution in [0.5, 0.6) is 0 Å². The van der Waals surface area contributed by atoms with Crippen LogP contribution in [-0.4, -0.2) is 41.9 Å². The largest absolute Gasteiger partial charge is 0.468 e. The Bertz CT molecular complexity index is 167. The number of methoxy groups -OCH3 is 1. The van der Waals surface area contributed by atoms with Crippen molar-refractivity contribution in [2.75, 3.05) is 21.2 Å². The van der Waals surface area contributed by atoms with Crippen LogP contribution in [-0.2, 0) is 9.53 Å². The zero-order valence-electron chi connectivity index (χ0n) is 6.97. The Hall–Kier alpha value is 0.300. The lowest BCUT2D eigenvalue weighted by Gasteiger charge is -2.27. The highest BCUT2D eigenvalue weighted by molar-refractivity contribution is 6.68. The van der Waals surface area contributed by atoms with Gasteiger partial charge in [-0.05, 0) is 14.1 Å². The monoisotopic (exact) mass is 233 g/mol. The average Bonchev–Trinajstić information content (AvgIpc) is 1.83. The first-order chi connectivity index (χ1) is 5.30. The molecule has 0 aliphatic carbocycles. The molecule has 3 nitrogen and oxygen atoms in total. The summed E-state index contributed by atoms with van der Waals surface area (Å²) in [6, 6.07) is -0.882. The lowest BCUT2D eigenvalue weighted by Crippen LogP contribution is -2.46. The SMILES string of the molecule is COC(=O)C(N(C)C)C(Cl)(Cl)Cl. The van der Waals surface area contributed by atoms with Gasteiger partial charge in [-0.15, -0.1) is 0 Å². The minimum absolute atomic E-state index is 0.569. The lowest BCUT2D eigenvalue weighted by atomic mass is 10.3. The normalized spacial score (nSPS) is 14.6. The number of alkyl halides is 3. The topological polar surface area (TPSA) is 29.5 Å². The fraction of sp³-hybridized carbons (Fsp3) is 0.833. The Kier molecular flexibility index (Phi) is 4.62. The molecule has 0 aliphatic heterocycles. The van der Waals surface area contributed by atoms with E-state index in [1.165, 1.54) is 12.0 Å². The van der Waals surface area contributed by atoms with Crippen molar-refractivity contribution in [3.05, 3.63) is 0 Å². The summed E-state index contributed by atoms with van der Waals surface area (Å²) < 4.78 is 2.80. The van der Waals surface area contributed by atoms with Crippen LogP contribution in [0.2, 0.25) is 0 Å². The number of esters is 1. The van der Waals surface area contributed by atoms with Crippen LogP contribution in [0.1, 0.15) is 0 Å². The van der Waals surface area contributed by atoms with E-state index in [4.69, 9.17) is 34.8 Å². The molecule has 0 saturated heterocycles. The molecule has 0 radical (unpaired) electrons. The Morgan fingerprint density at radius 2 is 1.83 bits per heavy atom. The van der Waals surface area contributed by atoms with Gasteiger partial charge in [0.2, 0.25) is 3.79 Å². The molecule has 1 unspecified atom stereocenters. The maximum atomic E-state index is 11.1. The van der Waals surface area contributed by atoms with E-state index in [0.717, 1.165) is 0 Å². The molecule has 0 amide bonds. The van der Waals surface area contributed by atoms with E-state index < -0.39 is 15.8 Å². The number of hydrogen-bond donors (Lipinski definition) is 0. The van der Waals surface area contributed by atoms with Crippen LogP contribution >= 0.6 is 34.8 Å². The van der Waals surface area contributed by atoms with Gasteiger partial charge in [0, 0.05) is 0 Å². The van der Waals surface area contributed by atoms with Gasteiger partial charge in [0.1, 0.15) is 0 Å². The van der Waals surface area contributed by atoms with Gasteiger partial charge in [-0.2, -0.15) is 0 Å². The summed E-state index contributed by atoms with van der Waals surface area (Å²) in [5, 5.41) is 0. The molecule has 1 atom stereocenters. The first-order valence-corrected chi connectivity index (χ1v) is 4.25. The molecular formula is C6H10Cl3NO2. The van der Waals surface area contributed by atoms with Crippen LogP contribution in [0.4, 0.5) is 0 Å². The second kappa shape index (κ2) is 4.51. The molecule has 0 rings (SSSR count). The minimum Gasteiger partial charge on any atom is -0.468 e. The molecule has 0 aliphatic rings. The molecule has 0 heterocycles. The molecule has 0 N–H and O–H groups in total. The summed E-state index contributed by atoms with van der Waals surface area (Å²) in [6.07, 6.45) is 0. The van der Waals surface area contributed by atoms with E-state index in [0.29, 0.717) is 0 Å². The molecule has 72 valence electrons. The van der Waals surface area contributed by atoms with Gasteiger partial charge in [0.25, 0.3) is 0 Å². The van der Waals surface area contributed by atoms with Gasteiger partial charge >= 0.3 is 5.97 Å². The summed E-state index contributed by atoms with van der Waals surface area (Å²) in [6.45, 7) is 0. The van der Waals surface area contributed by atoms with Gasteiger partial charge in [0.05, 0.1) is 7.11 Å². The molecule has 6 heteroatoms. The summed E-state index contributed by atoms with van der Waals surface area (Å²) in [7, 11) is 4.50. The maximum absolute atomic E-state index is 11.1. The highest BCUT2D eigenvalue weighted by Gasteiger charge is 2.40. The van der Waals surface area contributed by atoms with Crippen LogP contribution in [0.15, 0.2) is 0 Å². The van der Waals surface area contributed by atoms with E-state index >= 15 is 0 Å². The van der Waals surface area contributed by atoms with Crippen molar-refractivity contribution in [1.29, 1.82) is 0 Å². The first-order valence-electron chi connectivity index (χ1n) is 3.11. The Morgan fingerprint density at radius 3 is 1.92 bits per heavy atom. The Labute approximate surface area is 86.5 Å². The molecule has 0 aromatic heterocycles. The third-order valence-corrected chi connectivity index (χ3v) is 1.87. The summed E-state index contributed by atoms with van der Waals surface area (Å²) in [5.41, 5.74) is 0. The molecule has 0 fully saturated rings. The highest BCUT2D eigenvalue weighted by atomic mass is 35.6. The number of halogens is 3. The summed E-state index contributed by atoms with van der Waals surface area (Å²) >= 11 is 16.7. The second-order valence-electron chi connectivity index (χ2n) is 2.43. The molecule has 0 bridgehead atoms. The molecule has 0 aromatic carbocycles. The standard InChI is InChI=1S/C6H10Cl3NO2/c1-10(2)4(5(11)12-3)6(7,8)9/h4H,1-3H3. The number of likely N-dealkylation sites (N-methyl/N-ethyl adjacent to an activating group) is 1. The van der Waals surface area contributed by atoms with E-state index in [1.807, 2.05) is 0 Å². The lowest BCUT2D eigenvalue weighted by molar-refractivity contribution is -0.145. The smallest absolute Gasteiger partial charge is 0.327 e. The van der Waals surface area contributed by atoms with Crippen LogP contribution in [0, 0.1) is 0 Å². The zero-order chi connectivity index (χ0) is 9.94. The number of carbonyl (C=O) groups is 1. The molecule has 0 spiro atoms. The van der Waals surface area contributed by atoms with Gasteiger partial charge in [-0.25, -0.2) is 0 Å². The van der Waals surface area contributed by atoms with Crippen molar-refractivity contribution in [3.63, 3.8) is 0 Å². The number of rotatable bonds is 2. The predicted molar refractivity (Wildman–Crippen MR) is 49.8 cm³/mol.